The summed E-state index contributed by atoms with van der Waals surface area (Å²) in [6.45, 7) is 2.64. The van der Waals surface area contributed by atoms with Crippen molar-refractivity contribution in [1.29, 1.82) is 0 Å². The third-order valence-corrected chi connectivity index (χ3v) is 3.71. The first-order valence-corrected chi connectivity index (χ1v) is 7.99. The fourth-order valence-electron chi connectivity index (χ4n) is 2.07. The smallest absolute Gasteiger partial charge is 0.229 e. The first kappa shape index (κ1) is 15.4. The third-order valence-electron chi connectivity index (χ3n) is 3.18. The van der Waals surface area contributed by atoms with E-state index >= 15 is 0 Å². The van der Waals surface area contributed by atoms with Gasteiger partial charge in [-0.25, -0.2) is 4.98 Å². The molecule has 0 amide bonds. The number of hydrogen-bond donors (Lipinski definition) is 2. The zero-order valence-electron chi connectivity index (χ0n) is 12.6. The molecule has 2 heterocycles. The van der Waals surface area contributed by atoms with Crippen LogP contribution in [0, 0.1) is 6.92 Å². The Morgan fingerprint density at radius 1 is 1.00 bits per heavy atom. The highest BCUT2D eigenvalue weighted by atomic mass is 79.9. The molecule has 0 aliphatic rings. The second kappa shape index (κ2) is 7.19. The van der Waals surface area contributed by atoms with Crippen molar-refractivity contribution in [3.05, 3.63) is 70.6 Å². The normalized spacial score (nSPS) is 10.3. The van der Waals surface area contributed by atoms with E-state index in [2.05, 4.69) is 41.5 Å². The summed E-state index contributed by atoms with van der Waals surface area (Å²) >= 11 is 3.42. The van der Waals surface area contributed by atoms with Crippen molar-refractivity contribution in [2.75, 3.05) is 10.6 Å². The van der Waals surface area contributed by atoms with Crippen molar-refractivity contribution < 1.29 is 0 Å². The Kier molecular flexibility index (Phi) is 4.83. The molecule has 2 N–H and O–H groups in total. The lowest BCUT2D eigenvalue weighted by Gasteiger charge is -2.10. The molecule has 0 atom stereocenters. The van der Waals surface area contributed by atoms with E-state index in [4.69, 9.17) is 0 Å². The van der Waals surface area contributed by atoms with E-state index in [0.717, 1.165) is 27.2 Å². The Morgan fingerprint density at radius 3 is 2.48 bits per heavy atom. The van der Waals surface area contributed by atoms with Gasteiger partial charge in [0.1, 0.15) is 5.82 Å². The lowest BCUT2D eigenvalue weighted by Crippen LogP contribution is -2.05. The van der Waals surface area contributed by atoms with E-state index < -0.39 is 0 Å². The molecule has 0 aliphatic carbocycles. The average molecular weight is 370 g/mol. The average Bonchev–Trinajstić information content (AvgIpc) is 2.56. The monoisotopic (exact) mass is 369 g/mol. The predicted octanol–water partition coefficient (Wildman–Crippen LogP) is 4.30. The van der Waals surface area contributed by atoms with E-state index in [-0.39, 0.29) is 0 Å². The number of nitrogens with one attached hydrogen (secondary N) is 2. The quantitative estimate of drug-likeness (QED) is 0.701. The van der Waals surface area contributed by atoms with Gasteiger partial charge in [-0.1, -0.05) is 15.9 Å². The van der Waals surface area contributed by atoms with Crippen LogP contribution in [0.15, 0.2) is 59.3 Å². The second-order valence-electron chi connectivity index (χ2n) is 5.06. The van der Waals surface area contributed by atoms with Crippen LogP contribution in [0.25, 0.3) is 0 Å². The van der Waals surface area contributed by atoms with Gasteiger partial charge in [0.25, 0.3) is 0 Å². The highest BCUT2D eigenvalue weighted by Crippen LogP contribution is 2.18. The molecule has 0 aliphatic heterocycles. The number of pyridine rings is 1. The molecule has 0 bridgehead atoms. The summed E-state index contributed by atoms with van der Waals surface area (Å²) < 4.78 is 1.04. The summed E-state index contributed by atoms with van der Waals surface area (Å²) in [5.41, 5.74) is 2.99. The van der Waals surface area contributed by atoms with Crippen LogP contribution in [0.2, 0.25) is 0 Å². The van der Waals surface area contributed by atoms with Gasteiger partial charge in [0.15, 0.2) is 0 Å². The minimum atomic E-state index is 0.574. The molecule has 0 saturated heterocycles. The molecule has 1 aromatic carbocycles. The summed E-state index contributed by atoms with van der Waals surface area (Å²) in [5.74, 6) is 1.36. The number of rotatable bonds is 5. The molecule has 0 unspecified atom stereocenters. The maximum absolute atomic E-state index is 4.51. The molecule has 6 heteroatoms. The maximum atomic E-state index is 4.51. The fraction of sp³-hybridized carbons (Fsp3) is 0.118. The fourth-order valence-corrected chi connectivity index (χ4v) is 2.33. The number of hydrogen-bond acceptors (Lipinski definition) is 5. The molecule has 3 rings (SSSR count). The number of nitrogens with zero attached hydrogens (tertiary/aromatic N) is 3. The molecule has 0 spiro atoms. The van der Waals surface area contributed by atoms with Gasteiger partial charge < -0.3 is 10.6 Å². The minimum absolute atomic E-state index is 0.574. The predicted molar refractivity (Wildman–Crippen MR) is 95.8 cm³/mol. The molecule has 3 aromatic rings. The molecule has 0 saturated carbocycles. The Balaban J connectivity index is 1.72. The topological polar surface area (TPSA) is 62.7 Å². The number of halogens is 1. The van der Waals surface area contributed by atoms with Crippen LogP contribution >= 0.6 is 15.9 Å². The van der Waals surface area contributed by atoms with E-state index in [1.54, 1.807) is 12.4 Å². The van der Waals surface area contributed by atoms with Crippen LogP contribution in [-0.4, -0.2) is 15.0 Å². The van der Waals surface area contributed by atoms with Crippen LogP contribution < -0.4 is 10.6 Å². The number of aromatic nitrogens is 3. The highest BCUT2D eigenvalue weighted by molar-refractivity contribution is 9.10. The zero-order chi connectivity index (χ0) is 16.1. The summed E-state index contributed by atoms with van der Waals surface area (Å²) in [5, 5.41) is 6.53. The van der Waals surface area contributed by atoms with Crippen LogP contribution in [0.5, 0.6) is 0 Å². The van der Waals surface area contributed by atoms with E-state index in [1.165, 1.54) is 0 Å². The van der Waals surface area contributed by atoms with Crippen LogP contribution in [0.1, 0.15) is 11.3 Å². The summed E-state index contributed by atoms with van der Waals surface area (Å²) in [6.07, 6.45) is 3.56. The molecule has 0 radical (unpaired) electrons. The van der Waals surface area contributed by atoms with E-state index in [1.807, 2.05) is 49.4 Å². The number of anilines is 3. The molecule has 23 heavy (non-hydrogen) atoms. The second-order valence-corrected chi connectivity index (χ2v) is 5.97. The van der Waals surface area contributed by atoms with Gasteiger partial charge in [-0.2, -0.15) is 4.98 Å². The van der Waals surface area contributed by atoms with E-state index in [0.29, 0.717) is 12.5 Å². The van der Waals surface area contributed by atoms with Crippen molar-refractivity contribution in [2.45, 2.75) is 13.5 Å². The summed E-state index contributed by atoms with van der Waals surface area (Å²) in [7, 11) is 0. The van der Waals surface area contributed by atoms with Crippen molar-refractivity contribution in [3.63, 3.8) is 0 Å². The van der Waals surface area contributed by atoms with Gasteiger partial charge in [0.2, 0.25) is 5.95 Å². The Morgan fingerprint density at radius 2 is 1.74 bits per heavy atom. The Hall–Kier alpha value is -2.47. The lowest BCUT2D eigenvalue weighted by molar-refractivity contribution is 1.05. The van der Waals surface area contributed by atoms with Gasteiger partial charge in [0, 0.05) is 40.9 Å². The summed E-state index contributed by atoms with van der Waals surface area (Å²) in [4.78, 5) is 12.9. The Bertz CT molecular complexity index is 775. The van der Waals surface area contributed by atoms with Crippen molar-refractivity contribution in [2.24, 2.45) is 0 Å². The number of aryl methyl sites for hydroxylation is 1. The SMILES string of the molecule is Cc1cc(NCc2ccncc2)nc(Nc2ccc(Br)cc2)n1. The van der Waals surface area contributed by atoms with Gasteiger partial charge >= 0.3 is 0 Å². The first-order valence-electron chi connectivity index (χ1n) is 7.20. The molecule has 0 fully saturated rings. The van der Waals surface area contributed by atoms with Gasteiger partial charge in [0.05, 0.1) is 0 Å². The van der Waals surface area contributed by atoms with Crippen LogP contribution in [0.4, 0.5) is 17.5 Å². The maximum Gasteiger partial charge on any atom is 0.229 e. The molecule has 116 valence electrons. The van der Waals surface area contributed by atoms with Crippen LogP contribution in [-0.2, 0) is 6.54 Å². The first-order chi connectivity index (χ1) is 11.2. The molecule has 2 aromatic heterocycles. The molecular weight excluding hydrogens is 354 g/mol. The van der Waals surface area contributed by atoms with Crippen LogP contribution in [0.3, 0.4) is 0 Å². The minimum Gasteiger partial charge on any atom is -0.366 e. The largest absolute Gasteiger partial charge is 0.366 e. The molecular formula is C17H16BrN5. The summed E-state index contributed by atoms with van der Waals surface area (Å²) in [6, 6.07) is 13.8. The lowest BCUT2D eigenvalue weighted by atomic mass is 10.3. The standard InChI is InChI=1S/C17H16BrN5/c1-12-10-16(20-11-13-6-8-19-9-7-13)23-17(21-12)22-15-4-2-14(18)3-5-15/h2-10H,11H2,1H3,(H2,20,21,22,23). The zero-order valence-corrected chi connectivity index (χ0v) is 14.2. The Labute approximate surface area is 143 Å². The number of benzene rings is 1. The van der Waals surface area contributed by atoms with E-state index in [9.17, 15) is 0 Å². The highest BCUT2D eigenvalue weighted by Gasteiger charge is 2.03. The van der Waals surface area contributed by atoms with Crippen molar-refractivity contribution in [1.82, 2.24) is 15.0 Å². The van der Waals surface area contributed by atoms with Gasteiger partial charge in [-0.05, 0) is 48.9 Å². The third kappa shape index (κ3) is 4.50. The molecule has 5 nitrogen and oxygen atoms in total. The van der Waals surface area contributed by atoms with Crippen molar-refractivity contribution >= 4 is 33.4 Å². The van der Waals surface area contributed by atoms with Gasteiger partial charge in [-0.3, -0.25) is 4.98 Å². The van der Waals surface area contributed by atoms with Gasteiger partial charge in [-0.15, -0.1) is 0 Å². The van der Waals surface area contributed by atoms with Crippen molar-refractivity contribution in [3.8, 4) is 0 Å².